The van der Waals surface area contributed by atoms with Gasteiger partial charge in [-0.1, -0.05) is 0 Å². The fourth-order valence-corrected chi connectivity index (χ4v) is 2.06. The summed E-state index contributed by atoms with van der Waals surface area (Å²) in [6.45, 7) is 3.38. The molecule has 0 radical (unpaired) electrons. The van der Waals surface area contributed by atoms with E-state index in [9.17, 15) is 13.2 Å². The van der Waals surface area contributed by atoms with Crippen LogP contribution >= 0.6 is 0 Å². The summed E-state index contributed by atoms with van der Waals surface area (Å²) >= 11 is 0. The highest BCUT2D eigenvalue weighted by atomic mass is 19.2. The Bertz CT molecular complexity index is 422. The number of halogens is 3. The second-order valence-corrected chi connectivity index (χ2v) is 4.24. The second kappa shape index (κ2) is 5.56. The van der Waals surface area contributed by atoms with Crippen LogP contribution in [0.5, 0.6) is 0 Å². The van der Waals surface area contributed by atoms with E-state index in [-0.39, 0.29) is 11.9 Å². The van der Waals surface area contributed by atoms with Crippen LogP contribution in [0.3, 0.4) is 0 Å². The lowest BCUT2D eigenvalue weighted by molar-refractivity contribution is 0.115. The number of hydrogen-bond donors (Lipinski definition) is 0. The van der Waals surface area contributed by atoms with E-state index in [1.54, 1.807) is 11.8 Å². The van der Waals surface area contributed by atoms with Crippen LogP contribution in [0.25, 0.3) is 0 Å². The third kappa shape index (κ3) is 2.75. The summed E-state index contributed by atoms with van der Waals surface area (Å²) in [4.78, 5) is 4.90. The smallest absolute Gasteiger partial charge is 0.251 e. The number of anilines is 1. The van der Waals surface area contributed by atoms with E-state index in [1.165, 1.54) is 0 Å². The van der Waals surface area contributed by atoms with Crippen LogP contribution in [0, 0.1) is 17.6 Å². The van der Waals surface area contributed by atoms with E-state index in [0.717, 1.165) is 12.8 Å². The van der Waals surface area contributed by atoms with Crippen molar-refractivity contribution < 1.29 is 17.9 Å². The average molecular weight is 260 g/mol. The molecule has 1 aliphatic heterocycles. The first-order chi connectivity index (χ1) is 8.61. The standard InChI is InChI=1S/C12H15F3N2O/c1-2-17(7-8-4-3-5-18-8)12-10(14)6-9(13)11(15)16-12/h6,8H,2-5,7H2,1H3. The third-order valence-corrected chi connectivity index (χ3v) is 3.00. The molecule has 0 saturated carbocycles. The molecule has 1 unspecified atom stereocenters. The molecule has 6 heteroatoms. The monoisotopic (exact) mass is 260 g/mol. The van der Waals surface area contributed by atoms with Crippen molar-refractivity contribution in [3.63, 3.8) is 0 Å². The Hall–Kier alpha value is -1.30. The van der Waals surface area contributed by atoms with E-state index in [2.05, 4.69) is 4.98 Å². The van der Waals surface area contributed by atoms with Crippen molar-refractivity contribution in [2.75, 3.05) is 24.6 Å². The van der Waals surface area contributed by atoms with E-state index >= 15 is 0 Å². The van der Waals surface area contributed by atoms with Crippen LogP contribution in [-0.2, 0) is 4.74 Å². The van der Waals surface area contributed by atoms with E-state index < -0.39 is 17.6 Å². The van der Waals surface area contributed by atoms with Gasteiger partial charge in [0.15, 0.2) is 17.5 Å². The largest absolute Gasteiger partial charge is 0.376 e. The minimum absolute atomic E-state index is 0.000681. The van der Waals surface area contributed by atoms with Crippen LogP contribution in [0.2, 0.25) is 0 Å². The summed E-state index contributed by atoms with van der Waals surface area (Å²) in [6.07, 6.45) is 1.86. The van der Waals surface area contributed by atoms with Gasteiger partial charge in [0.05, 0.1) is 6.10 Å². The first-order valence-electron chi connectivity index (χ1n) is 6.00. The Morgan fingerprint density at radius 2 is 2.17 bits per heavy atom. The van der Waals surface area contributed by atoms with Gasteiger partial charge in [-0.15, -0.1) is 0 Å². The molecule has 1 aliphatic rings. The topological polar surface area (TPSA) is 25.4 Å². The molecule has 2 heterocycles. The maximum Gasteiger partial charge on any atom is 0.251 e. The highest BCUT2D eigenvalue weighted by Crippen LogP contribution is 2.21. The Labute approximate surface area is 104 Å². The number of ether oxygens (including phenoxy) is 1. The Morgan fingerprint density at radius 1 is 1.39 bits per heavy atom. The first kappa shape index (κ1) is 13.1. The SMILES string of the molecule is CCN(CC1CCCO1)c1nc(F)c(F)cc1F. The summed E-state index contributed by atoms with van der Waals surface area (Å²) in [7, 11) is 0. The van der Waals surface area contributed by atoms with Crippen molar-refractivity contribution >= 4 is 5.82 Å². The Morgan fingerprint density at radius 3 is 2.78 bits per heavy atom. The molecule has 1 fully saturated rings. The zero-order chi connectivity index (χ0) is 13.1. The van der Waals surface area contributed by atoms with Crippen LogP contribution in [0.15, 0.2) is 6.07 Å². The highest BCUT2D eigenvalue weighted by Gasteiger charge is 2.22. The lowest BCUT2D eigenvalue weighted by atomic mass is 10.2. The first-order valence-corrected chi connectivity index (χ1v) is 6.00. The van der Waals surface area contributed by atoms with E-state index in [1.807, 2.05) is 0 Å². The molecule has 100 valence electrons. The van der Waals surface area contributed by atoms with Gasteiger partial charge in [-0.3, -0.25) is 0 Å². The molecule has 18 heavy (non-hydrogen) atoms. The van der Waals surface area contributed by atoms with Crippen LogP contribution in [0.4, 0.5) is 19.0 Å². The fourth-order valence-electron chi connectivity index (χ4n) is 2.06. The number of rotatable bonds is 4. The van der Waals surface area contributed by atoms with Crippen LogP contribution in [0.1, 0.15) is 19.8 Å². The molecule has 2 rings (SSSR count). The summed E-state index contributed by atoms with van der Waals surface area (Å²) in [6, 6.07) is 0.524. The number of hydrogen-bond acceptors (Lipinski definition) is 3. The highest BCUT2D eigenvalue weighted by molar-refractivity contribution is 5.40. The van der Waals surface area contributed by atoms with Gasteiger partial charge in [-0.2, -0.15) is 9.37 Å². The van der Waals surface area contributed by atoms with Gasteiger partial charge in [0.1, 0.15) is 0 Å². The molecular weight excluding hydrogens is 245 g/mol. The molecule has 1 saturated heterocycles. The Balaban J connectivity index is 2.18. The van der Waals surface area contributed by atoms with Crippen molar-refractivity contribution in [2.45, 2.75) is 25.9 Å². The number of aromatic nitrogens is 1. The maximum absolute atomic E-state index is 13.6. The summed E-state index contributed by atoms with van der Waals surface area (Å²) in [5.74, 6) is -3.57. The van der Waals surface area contributed by atoms with Gasteiger partial charge >= 0.3 is 0 Å². The fraction of sp³-hybridized carbons (Fsp3) is 0.583. The van der Waals surface area contributed by atoms with Crippen molar-refractivity contribution in [3.05, 3.63) is 23.6 Å². The predicted molar refractivity (Wildman–Crippen MR) is 61.0 cm³/mol. The summed E-state index contributed by atoms with van der Waals surface area (Å²) in [5.41, 5.74) is 0. The van der Waals surface area contributed by atoms with Crippen molar-refractivity contribution in [1.82, 2.24) is 4.98 Å². The average Bonchev–Trinajstić information content (AvgIpc) is 2.84. The minimum atomic E-state index is -1.28. The number of nitrogens with zero attached hydrogens (tertiary/aromatic N) is 2. The molecule has 0 aliphatic carbocycles. The molecule has 1 atom stereocenters. The molecular formula is C12H15F3N2O. The number of likely N-dealkylation sites (N-methyl/N-ethyl adjacent to an activating group) is 1. The predicted octanol–water partition coefficient (Wildman–Crippen LogP) is 2.50. The zero-order valence-corrected chi connectivity index (χ0v) is 10.1. The molecule has 0 bridgehead atoms. The summed E-state index contributed by atoms with van der Waals surface area (Å²) < 4.78 is 44.9. The van der Waals surface area contributed by atoms with Gasteiger partial charge < -0.3 is 9.64 Å². The normalized spacial score (nSPS) is 19.2. The third-order valence-electron chi connectivity index (χ3n) is 3.00. The Kier molecular flexibility index (Phi) is 4.06. The van der Waals surface area contributed by atoms with Crippen LogP contribution < -0.4 is 4.90 Å². The maximum atomic E-state index is 13.6. The van der Waals surface area contributed by atoms with Gasteiger partial charge in [0.2, 0.25) is 0 Å². The summed E-state index contributed by atoms with van der Waals surface area (Å²) in [5, 5.41) is 0. The molecule has 0 spiro atoms. The molecule has 3 nitrogen and oxygen atoms in total. The molecule has 1 aromatic rings. The van der Waals surface area contributed by atoms with Crippen molar-refractivity contribution in [1.29, 1.82) is 0 Å². The van der Waals surface area contributed by atoms with E-state index in [0.29, 0.717) is 25.8 Å². The quantitative estimate of drug-likeness (QED) is 0.778. The lowest BCUT2D eigenvalue weighted by Crippen LogP contribution is -2.33. The second-order valence-electron chi connectivity index (χ2n) is 4.24. The van der Waals surface area contributed by atoms with Gasteiger partial charge in [-0.25, -0.2) is 8.78 Å². The van der Waals surface area contributed by atoms with Gasteiger partial charge in [0, 0.05) is 25.8 Å². The van der Waals surface area contributed by atoms with Crippen molar-refractivity contribution in [2.24, 2.45) is 0 Å². The van der Waals surface area contributed by atoms with Gasteiger partial charge in [0.25, 0.3) is 5.95 Å². The van der Waals surface area contributed by atoms with Crippen LogP contribution in [-0.4, -0.2) is 30.8 Å². The van der Waals surface area contributed by atoms with E-state index in [4.69, 9.17) is 4.74 Å². The number of pyridine rings is 1. The minimum Gasteiger partial charge on any atom is -0.376 e. The molecule has 0 aromatic carbocycles. The molecule has 0 amide bonds. The van der Waals surface area contributed by atoms with Gasteiger partial charge in [-0.05, 0) is 19.8 Å². The lowest BCUT2D eigenvalue weighted by Gasteiger charge is -2.25. The molecule has 1 aromatic heterocycles. The van der Waals surface area contributed by atoms with Crippen molar-refractivity contribution in [3.8, 4) is 0 Å². The molecule has 0 N–H and O–H groups in total. The zero-order valence-electron chi connectivity index (χ0n) is 10.1.